The Morgan fingerprint density at radius 3 is 1.40 bits per heavy atom. The minimum atomic E-state index is -3.90. The molecule has 0 saturated heterocycles. The summed E-state index contributed by atoms with van der Waals surface area (Å²) in [6.45, 7) is 4.34. The largest absolute Gasteiger partial charge is 0.519 e. The Balaban J connectivity index is 1.33. The van der Waals surface area contributed by atoms with E-state index in [-0.39, 0.29) is 91.1 Å². The van der Waals surface area contributed by atoms with Gasteiger partial charge in [-0.15, -0.1) is 0 Å². The molecule has 0 saturated carbocycles. The Kier molecular flexibility index (Phi) is 13.0. The molecule has 0 aliphatic heterocycles. The number of hydrogen-bond donors (Lipinski definition) is 0. The van der Waals surface area contributed by atoms with E-state index in [4.69, 9.17) is 53.9 Å². The zero-order chi connectivity index (χ0) is 36.4. The minimum absolute atomic E-state index is 0.0130. The molecule has 50 heavy (non-hydrogen) atoms. The van der Waals surface area contributed by atoms with Gasteiger partial charge in [0.05, 0.1) is 12.1 Å². The molecular formula is C30H35O19P. The van der Waals surface area contributed by atoms with E-state index in [9.17, 15) is 33.3 Å². The number of aryl methyl sites for hydroxylation is 4. The lowest BCUT2D eigenvalue weighted by Gasteiger charge is -2.18. The van der Waals surface area contributed by atoms with Crippen LogP contribution in [0.5, 0.6) is 0 Å². The maximum atomic E-state index is 13.7. The first-order chi connectivity index (χ1) is 23.7. The van der Waals surface area contributed by atoms with E-state index < -0.39 is 62.0 Å². The van der Waals surface area contributed by atoms with Crippen LogP contribution in [-0.2, 0) is 59.1 Å². The zero-order valence-corrected chi connectivity index (χ0v) is 28.5. The minimum Gasteiger partial charge on any atom is -0.457 e. The number of unbranched alkanes of at least 4 members (excludes halogenated alkanes) is 2. The highest BCUT2D eigenvalue weighted by Gasteiger charge is 2.28. The molecule has 274 valence electrons. The van der Waals surface area contributed by atoms with Crippen molar-refractivity contribution in [2.45, 2.75) is 92.6 Å². The quantitative estimate of drug-likeness (QED) is 0.0689. The highest BCUT2D eigenvalue weighted by atomic mass is 31.2. The van der Waals surface area contributed by atoms with Crippen LogP contribution in [0.15, 0.2) is 54.5 Å². The molecule has 1 unspecified atom stereocenters. The van der Waals surface area contributed by atoms with Gasteiger partial charge < -0.3 is 53.9 Å². The fourth-order valence-electron chi connectivity index (χ4n) is 4.52. The molecule has 4 aromatic heterocycles. The molecule has 0 amide bonds. The number of hydrogen-bond acceptors (Lipinski definition) is 19. The molecule has 4 aromatic rings. The van der Waals surface area contributed by atoms with Crippen molar-refractivity contribution in [2.24, 2.45) is 5.92 Å². The van der Waals surface area contributed by atoms with Crippen molar-refractivity contribution in [2.75, 3.05) is 6.16 Å². The normalized spacial score (nSPS) is 12.3. The summed E-state index contributed by atoms with van der Waals surface area (Å²) in [5.41, 5.74) is 0. The lowest BCUT2D eigenvalue weighted by Crippen LogP contribution is -2.20. The summed E-state index contributed by atoms with van der Waals surface area (Å²) in [5, 5.41) is 0. The molecule has 19 nitrogen and oxygen atoms in total. The molecule has 0 aromatic carbocycles. The van der Waals surface area contributed by atoms with E-state index in [2.05, 4.69) is 0 Å². The Bertz CT molecular complexity index is 1960. The molecule has 0 N–H and O–H groups in total. The molecule has 0 aliphatic carbocycles. The summed E-state index contributed by atoms with van der Waals surface area (Å²) in [4.78, 5) is 70.9. The van der Waals surface area contributed by atoms with Crippen LogP contribution >= 0.6 is 7.60 Å². The number of carbonyl (C=O) groups is 2. The molecule has 1 atom stereocenters. The number of rotatable bonds is 20. The van der Waals surface area contributed by atoms with Crippen LogP contribution in [0.3, 0.4) is 0 Å². The number of carbonyl (C=O) groups excluding carboxylic acids is 2. The molecule has 0 aliphatic rings. The van der Waals surface area contributed by atoms with E-state index in [1.807, 2.05) is 0 Å². The van der Waals surface area contributed by atoms with Crippen molar-refractivity contribution in [3.63, 3.8) is 0 Å². The van der Waals surface area contributed by atoms with Crippen molar-refractivity contribution in [1.82, 2.24) is 0 Å². The van der Waals surface area contributed by atoms with E-state index in [1.165, 1.54) is 27.7 Å². The van der Waals surface area contributed by atoms with Gasteiger partial charge in [0, 0.05) is 6.42 Å². The van der Waals surface area contributed by atoms with Gasteiger partial charge in [-0.05, 0) is 47.0 Å². The van der Waals surface area contributed by atoms with Crippen LogP contribution in [0, 0.1) is 33.6 Å². The Hall–Kier alpha value is -4.87. The summed E-state index contributed by atoms with van der Waals surface area (Å²) in [5.74, 6) is -5.26. The average Bonchev–Trinajstić information content (AvgIpc) is 3.77. The van der Waals surface area contributed by atoms with Gasteiger partial charge in [0.15, 0.2) is 47.8 Å². The van der Waals surface area contributed by atoms with Crippen LogP contribution in [0.1, 0.15) is 84.6 Å². The number of esters is 2. The maximum Gasteiger partial charge on any atom is 0.519 e. The van der Waals surface area contributed by atoms with Crippen LogP contribution in [-0.4, -0.2) is 18.1 Å². The zero-order valence-electron chi connectivity index (χ0n) is 27.6. The predicted octanol–water partition coefficient (Wildman–Crippen LogP) is 4.48. The van der Waals surface area contributed by atoms with Crippen LogP contribution in [0.25, 0.3) is 0 Å². The lowest BCUT2D eigenvalue weighted by atomic mass is 9.96. The molecule has 0 radical (unpaired) electrons. The SMILES string of the molecule is Cc1oc(=O)oc1COC(=O)CCC(CCCCCP(=O)(OCc1oc(=O)oc1C)OCc1oc(=O)oc1C)C(=O)OCc1oc(=O)oc1C. The second-order valence-electron chi connectivity index (χ2n) is 11.0. The summed E-state index contributed by atoms with van der Waals surface area (Å²) in [6.07, 6.45) is 1.05. The molecule has 20 heteroatoms. The molecule has 0 spiro atoms. The molecule has 4 heterocycles. The van der Waals surface area contributed by atoms with Gasteiger partial charge in [0.25, 0.3) is 0 Å². The van der Waals surface area contributed by atoms with Gasteiger partial charge in [0.1, 0.15) is 24.7 Å². The van der Waals surface area contributed by atoms with Crippen LogP contribution < -0.4 is 23.3 Å². The van der Waals surface area contributed by atoms with Crippen LogP contribution in [0.2, 0.25) is 0 Å². The predicted molar refractivity (Wildman–Crippen MR) is 161 cm³/mol. The first kappa shape index (κ1) is 37.9. The van der Waals surface area contributed by atoms with Crippen molar-refractivity contribution < 1.29 is 68.0 Å². The van der Waals surface area contributed by atoms with Gasteiger partial charge in [-0.25, -0.2) is 19.2 Å². The maximum absolute atomic E-state index is 13.7. The van der Waals surface area contributed by atoms with Gasteiger partial charge in [-0.3, -0.25) is 14.2 Å². The second-order valence-corrected chi connectivity index (χ2v) is 13.2. The first-order valence-electron chi connectivity index (χ1n) is 15.3. The topological polar surface area (TPSA) is 262 Å². The van der Waals surface area contributed by atoms with Gasteiger partial charge in [0.2, 0.25) is 0 Å². The summed E-state index contributed by atoms with van der Waals surface area (Å²) < 4.78 is 73.9. The smallest absolute Gasteiger partial charge is 0.457 e. The second kappa shape index (κ2) is 17.2. The fourth-order valence-corrected chi connectivity index (χ4v) is 6.09. The van der Waals surface area contributed by atoms with E-state index in [0.29, 0.717) is 12.8 Å². The van der Waals surface area contributed by atoms with Crippen molar-refractivity contribution in [3.05, 3.63) is 88.5 Å². The van der Waals surface area contributed by atoms with Crippen LogP contribution in [0.4, 0.5) is 0 Å². The third kappa shape index (κ3) is 11.1. The molecule has 0 bridgehead atoms. The van der Waals surface area contributed by atoms with Gasteiger partial charge in [-0.1, -0.05) is 12.8 Å². The summed E-state index contributed by atoms with van der Waals surface area (Å²) in [6, 6.07) is 0. The third-order valence-corrected chi connectivity index (χ3v) is 9.26. The highest BCUT2D eigenvalue weighted by Crippen LogP contribution is 2.51. The molecule has 0 fully saturated rings. The van der Waals surface area contributed by atoms with Gasteiger partial charge >= 0.3 is 42.8 Å². The monoisotopic (exact) mass is 730 g/mol. The van der Waals surface area contributed by atoms with E-state index in [0.717, 1.165) is 0 Å². The lowest BCUT2D eigenvalue weighted by molar-refractivity contribution is -0.152. The Labute approximate surface area is 280 Å². The number of ether oxygens (including phenoxy) is 2. The summed E-state index contributed by atoms with van der Waals surface area (Å²) in [7, 11) is -3.90. The third-order valence-electron chi connectivity index (χ3n) is 7.35. The van der Waals surface area contributed by atoms with E-state index >= 15 is 0 Å². The van der Waals surface area contributed by atoms with Crippen molar-refractivity contribution >= 4 is 19.5 Å². The Morgan fingerprint density at radius 2 is 0.980 bits per heavy atom. The fraction of sp³-hybridized carbons (Fsp3) is 0.533. The van der Waals surface area contributed by atoms with E-state index in [1.54, 1.807) is 0 Å². The van der Waals surface area contributed by atoms with Gasteiger partial charge in [-0.2, -0.15) is 0 Å². The van der Waals surface area contributed by atoms with Crippen molar-refractivity contribution in [1.29, 1.82) is 0 Å². The van der Waals surface area contributed by atoms with Crippen molar-refractivity contribution in [3.8, 4) is 0 Å². The standard InChI is InChI=1S/C30H35O19P/c1-16-21(46-27(33)42-16)12-38-25(31)10-9-20(26(32)39-13-22-17(2)43-28(34)47-22)8-6-5-7-11-50(37,40-14-23-18(3)44-29(35)48-23)41-15-24-19(4)45-30(36)49-24/h20H,5-15H2,1-4H3. The molecule has 4 rings (SSSR count). The average molecular weight is 731 g/mol. The summed E-state index contributed by atoms with van der Waals surface area (Å²) >= 11 is 0. The first-order valence-corrected chi connectivity index (χ1v) is 17.0. The Morgan fingerprint density at radius 1 is 0.560 bits per heavy atom. The highest BCUT2D eigenvalue weighted by molar-refractivity contribution is 7.53. The molecular weight excluding hydrogens is 695 g/mol.